The van der Waals surface area contributed by atoms with E-state index in [1.165, 1.54) is 24.3 Å². The van der Waals surface area contributed by atoms with Gasteiger partial charge in [0.05, 0.1) is 0 Å². The highest BCUT2D eigenvalue weighted by molar-refractivity contribution is 9.10. The van der Waals surface area contributed by atoms with E-state index in [4.69, 9.17) is 0 Å². The molecule has 0 saturated carbocycles. The predicted molar refractivity (Wildman–Crippen MR) is 68.8 cm³/mol. The van der Waals surface area contributed by atoms with E-state index in [2.05, 4.69) is 27.5 Å². The molecule has 1 nitrogen and oxygen atoms in total. The van der Waals surface area contributed by atoms with Crippen molar-refractivity contribution in [2.24, 2.45) is 0 Å². The molecule has 1 rings (SSSR count). The maximum Gasteiger partial charge on any atom is 0.124 e. The summed E-state index contributed by atoms with van der Waals surface area (Å²) in [5, 5.41) is 3.33. The monoisotopic (exact) mass is 291 g/mol. The summed E-state index contributed by atoms with van der Waals surface area (Å²) in [6, 6.07) is 4.80. The van der Waals surface area contributed by atoms with Crippen molar-refractivity contribution in [3.8, 4) is 0 Å². The van der Waals surface area contributed by atoms with Gasteiger partial charge in [-0.25, -0.2) is 4.39 Å². The standard InChI is InChI=1S/C11H15BrFNS/c1-15-6-2-5-14-8-9-3-4-10(13)7-11(9)12/h3-4,7,14H,2,5-6,8H2,1H3. The molecule has 1 aromatic rings. The SMILES string of the molecule is CSCCCNCc1ccc(F)cc1Br. The smallest absolute Gasteiger partial charge is 0.124 e. The first-order chi connectivity index (χ1) is 7.24. The Labute approximate surface area is 103 Å². The Hall–Kier alpha value is -0.0600. The lowest BCUT2D eigenvalue weighted by molar-refractivity contribution is 0.623. The van der Waals surface area contributed by atoms with Crippen molar-refractivity contribution >= 4 is 27.7 Å². The van der Waals surface area contributed by atoms with Crippen LogP contribution in [0.5, 0.6) is 0 Å². The van der Waals surface area contributed by atoms with E-state index in [0.29, 0.717) is 0 Å². The molecule has 0 bridgehead atoms. The molecule has 0 heterocycles. The molecule has 0 spiro atoms. The highest BCUT2D eigenvalue weighted by Gasteiger charge is 2.00. The number of halogens is 2. The van der Waals surface area contributed by atoms with E-state index in [1.54, 1.807) is 6.07 Å². The third kappa shape index (κ3) is 5.00. The summed E-state index contributed by atoms with van der Waals surface area (Å²) in [4.78, 5) is 0. The molecule has 0 unspecified atom stereocenters. The van der Waals surface area contributed by atoms with Gasteiger partial charge in [0, 0.05) is 11.0 Å². The molecule has 4 heteroatoms. The van der Waals surface area contributed by atoms with E-state index in [1.807, 2.05) is 11.8 Å². The van der Waals surface area contributed by atoms with Crippen LogP contribution in [-0.2, 0) is 6.54 Å². The number of thioether (sulfide) groups is 1. The molecule has 0 radical (unpaired) electrons. The van der Waals surface area contributed by atoms with Gasteiger partial charge in [-0.05, 0) is 42.7 Å². The fourth-order valence-electron chi connectivity index (χ4n) is 1.23. The average Bonchev–Trinajstić information content (AvgIpc) is 2.20. The van der Waals surface area contributed by atoms with Crippen LogP contribution < -0.4 is 5.32 Å². The number of rotatable bonds is 6. The minimum absolute atomic E-state index is 0.201. The first kappa shape index (κ1) is 13.0. The van der Waals surface area contributed by atoms with Crippen molar-refractivity contribution in [1.29, 1.82) is 0 Å². The molecule has 0 saturated heterocycles. The second-order valence-corrected chi connectivity index (χ2v) is 5.10. The van der Waals surface area contributed by atoms with Gasteiger partial charge < -0.3 is 5.32 Å². The first-order valence-corrected chi connectivity index (χ1v) is 7.06. The lowest BCUT2D eigenvalue weighted by atomic mass is 10.2. The zero-order valence-electron chi connectivity index (χ0n) is 8.72. The summed E-state index contributed by atoms with van der Waals surface area (Å²) in [5.74, 6) is 0.977. The fraction of sp³-hybridized carbons (Fsp3) is 0.455. The summed E-state index contributed by atoms with van der Waals surface area (Å²) in [6.45, 7) is 1.79. The van der Waals surface area contributed by atoms with Crippen LogP contribution in [0.3, 0.4) is 0 Å². The second kappa shape index (κ2) is 7.25. The molecule has 1 aromatic carbocycles. The van der Waals surface area contributed by atoms with E-state index in [0.717, 1.165) is 23.1 Å². The molecule has 0 aromatic heterocycles. The van der Waals surface area contributed by atoms with Crippen molar-refractivity contribution in [2.45, 2.75) is 13.0 Å². The molecule has 0 atom stereocenters. The van der Waals surface area contributed by atoms with Gasteiger partial charge in [0.2, 0.25) is 0 Å². The highest BCUT2D eigenvalue weighted by atomic mass is 79.9. The third-order valence-electron chi connectivity index (χ3n) is 2.03. The van der Waals surface area contributed by atoms with Crippen molar-refractivity contribution in [2.75, 3.05) is 18.6 Å². The Bertz CT molecular complexity index is 307. The van der Waals surface area contributed by atoms with Crippen molar-refractivity contribution in [1.82, 2.24) is 5.32 Å². The van der Waals surface area contributed by atoms with E-state index in [9.17, 15) is 4.39 Å². The molecule has 0 aliphatic rings. The van der Waals surface area contributed by atoms with Crippen molar-refractivity contribution < 1.29 is 4.39 Å². The Morgan fingerprint density at radius 3 is 2.93 bits per heavy atom. The Balaban J connectivity index is 2.31. The number of hydrogen-bond acceptors (Lipinski definition) is 2. The minimum atomic E-state index is -0.201. The van der Waals surface area contributed by atoms with Gasteiger partial charge in [-0.2, -0.15) is 11.8 Å². The predicted octanol–water partition coefficient (Wildman–Crippen LogP) is 3.43. The Morgan fingerprint density at radius 1 is 1.47 bits per heavy atom. The maximum absolute atomic E-state index is 12.8. The van der Waals surface area contributed by atoms with E-state index >= 15 is 0 Å². The van der Waals surface area contributed by atoms with Gasteiger partial charge in [-0.15, -0.1) is 0 Å². The van der Waals surface area contributed by atoms with Crippen LogP contribution >= 0.6 is 27.7 Å². The second-order valence-electron chi connectivity index (χ2n) is 3.26. The highest BCUT2D eigenvalue weighted by Crippen LogP contribution is 2.17. The molecule has 0 aliphatic heterocycles. The zero-order chi connectivity index (χ0) is 11.1. The largest absolute Gasteiger partial charge is 0.313 e. The normalized spacial score (nSPS) is 10.6. The quantitative estimate of drug-likeness (QED) is 0.806. The van der Waals surface area contributed by atoms with Crippen LogP contribution in [0.2, 0.25) is 0 Å². The maximum atomic E-state index is 12.8. The molecule has 0 amide bonds. The number of hydrogen-bond donors (Lipinski definition) is 1. The summed E-state index contributed by atoms with van der Waals surface area (Å²) in [6.07, 6.45) is 3.27. The number of benzene rings is 1. The average molecular weight is 292 g/mol. The topological polar surface area (TPSA) is 12.0 Å². The van der Waals surface area contributed by atoms with Crippen molar-refractivity contribution in [3.05, 3.63) is 34.1 Å². The van der Waals surface area contributed by atoms with E-state index < -0.39 is 0 Å². The van der Waals surface area contributed by atoms with Gasteiger partial charge in [-0.1, -0.05) is 22.0 Å². The van der Waals surface area contributed by atoms with Crippen LogP contribution in [0.1, 0.15) is 12.0 Å². The molecular formula is C11H15BrFNS. The first-order valence-electron chi connectivity index (χ1n) is 4.87. The molecular weight excluding hydrogens is 277 g/mol. The van der Waals surface area contributed by atoms with Gasteiger partial charge in [0.1, 0.15) is 5.82 Å². The lowest BCUT2D eigenvalue weighted by Gasteiger charge is -2.06. The third-order valence-corrected chi connectivity index (χ3v) is 3.47. The van der Waals surface area contributed by atoms with Crippen LogP contribution in [0.4, 0.5) is 4.39 Å². The molecule has 1 N–H and O–H groups in total. The molecule has 84 valence electrons. The van der Waals surface area contributed by atoms with Gasteiger partial charge in [-0.3, -0.25) is 0 Å². The molecule has 0 aliphatic carbocycles. The lowest BCUT2D eigenvalue weighted by Crippen LogP contribution is -2.15. The molecule has 0 fully saturated rings. The minimum Gasteiger partial charge on any atom is -0.313 e. The van der Waals surface area contributed by atoms with E-state index in [-0.39, 0.29) is 5.82 Å². The Kier molecular flexibility index (Phi) is 6.29. The van der Waals surface area contributed by atoms with Gasteiger partial charge >= 0.3 is 0 Å². The van der Waals surface area contributed by atoms with Crippen LogP contribution in [0.15, 0.2) is 22.7 Å². The summed E-state index contributed by atoms with van der Waals surface area (Å²) in [5.41, 5.74) is 1.10. The molecule has 15 heavy (non-hydrogen) atoms. The van der Waals surface area contributed by atoms with Crippen LogP contribution in [0.25, 0.3) is 0 Å². The Morgan fingerprint density at radius 2 is 2.27 bits per heavy atom. The zero-order valence-corrected chi connectivity index (χ0v) is 11.1. The summed E-state index contributed by atoms with van der Waals surface area (Å²) < 4.78 is 13.6. The van der Waals surface area contributed by atoms with Crippen molar-refractivity contribution in [3.63, 3.8) is 0 Å². The van der Waals surface area contributed by atoms with Crippen LogP contribution in [-0.4, -0.2) is 18.6 Å². The fourth-order valence-corrected chi connectivity index (χ4v) is 2.15. The summed E-state index contributed by atoms with van der Waals surface area (Å²) >= 11 is 5.20. The van der Waals surface area contributed by atoms with Gasteiger partial charge in [0.25, 0.3) is 0 Å². The number of nitrogens with one attached hydrogen (secondary N) is 1. The van der Waals surface area contributed by atoms with Gasteiger partial charge in [0.15, 0.2) is 0 Å². The van der Waals surface area contributed by atoms with Crippen LogP contribution in [0, 0.1) is 5.82 Å². The summed E-state index contributed by atoms with van der Waals surface area (Å²) in [7, 11) is 0.